The van der Waals surface area contributed by atoms with Crippen molar-refractivity contribution < 1.29 is 13.2 Å². The minimum atomic E-state index is -3.10. The smallest absolute Gasteiger partial charge is 0.208 e. The van der Waals surface area contributed by atoms with Crippen molar-refractivity contribution in [2.24, 2.45) is 5.92 Å². The van der Waals surface area contributed by atoms with E-state index in [1.807, 2.05) is 37.3 Å². The molecular formula is C12H19NO3S. The molecule has 1 aromatic rings. The van der Waals surface area contributed by atoms with Gasteiger partial charge >= 0.3 is 0 Å². The van der Waals surface area contributed by atoms with Gasteiger partial charge in [-0.05, 0) is 11.5 Å². The zero-order valence-electron chi connectivity index (χ0n) is 10.2. The second-order valence-corrected chi connectivity index (χ2v) is 6.06. The SMILES string of the molecule is CC(CNS(C)(=O)=O)COCc1ccccc1. The molecule has 0 spiro atoms. The quantitative estimate of drug-likeness (QED) is 0.803. The van der Waals surface area contributed by atoms with E-state index in [2.05, 4.69) is 4.72 Å². The second kappa shape index (κ2) is 6.74. The van der Waals surface area contributed by atoms with Crippen LogP contribution in [0.2, 0.25) is 0 Å². The lowest BCUT2D eigenvalue weighted by atomic mass is 10.2. The van der Waals surface area contributed by atoms with E-state index >= 15 is 0 Å². The topological polar surface area (TPSA) is 55.4 Å². The molecule has 0 aliphatic heterocycles. The Morgan fingerprint density at radius 3 is 2.53 bits per heavy atom. The third kappa shape index (κ3) is 7.10. The van der Waals surface area contributed by atoms with Gasteiger partial charge in [-0.25, -0.2) is 13.1 Å². The molecular weight excluding hydrogens is 238 g/mol. The lowest BCUT2D eigenvalue weighted by Gasteiger charge is -2.12. The molecule has 0 heterocycles. The highest BCUT2D eigenvalue weighted by Crippen LogP contribution is 2.02. The highest BCUT2D eigenvalue weighted by Gasteiger charge is 2.06. The maximum atomic E-state index is 10.9. The van der Waals surface area contributed by atoms with E-state index < -0.39 is 10.0 Å². The number of hydrogen-bond donors (Lipinski definition) is 1. The maximum absolute atomic E-state index is 10.9. The number of nitrogens with one attached hydrogen (secondary N) is 1. The molecule has 4 nitrogen and oxygen atoms in total. The van der Waals surface area contributed by atoms with Gasteiger partial charge in [0, 0.05) is 6.54 Å². The number of sulfonamides is 1. The van der Waals surface area contributed by atoms with Crippen molar-refractivity contribution in [1.29, 1.82) is 0 Å². The summed E-state index contributed by atoms with van der Waals surface area (Å²) in [7, 11) is -3.10. The van der Waals surface area contributed by atoms with Crippen LogP contribution >= 0.6 is 0 Å². The zero-order chi connectivity index (χ0) is 12.7. The summed E-state index contributed by atoms with van der Waals surface area (Å²) in [5, 5.41) is 0. The predicted molar refractivity (Wildman–Crippen MR) is 68.1 cm³/mol. The van der Waals surface area contributed by atoms with Crippen LogP contribution in [-0.2, 0) is 21.4 Å². The van der Waals surface area contributed by atoms with Crippen LogP contribution in [0, 0.1) is 5.92 Å². The molecule has 0 aliphatic carbocycles. The van der Waals surface area contributed by atoms with E-state index in [0.717, 1.165) is 11.8 Å². The Hall–Kier alpha value is -0.910. The first-order chi connectivity index (χ1) is 7.97. The van der Waals surface area contributed by atoms with E-state index in [0.29, 0.717) is 19.8 Å². The molecule has 0 bridgehead atoms. The van der Waals surface area contributed by atoms with Gasteiger partial charge in [0.1, 0.15) is 0 Å². The van der Waals surface area contributed by atoms with Gasteiger partial charge in [-0.3, -0.25) is 0 Å². The molecule has 1 unspecified atom stereocenters. The van der Waals surface area contributed by atoms with Crippen LogP contribution in [0.3, 0.4) is 0 Å². The molecule has 0 fully saturated rings. The summed E-state index contributed by atoms with van der Waals surface area (Å²) in [5.74, 6) is 0.161. The molecule has 1 N–H and O–H groups in total. The fraction of sp³-hybridized carbons (Fsp3) is 0.500. The van der Waals surface area contributed by atoms with Gasteiger partial charge in [-0.2, -0.15) is 0 Å². The third-order valence-electron chi connectivity index (χ3n) is 2.21. The van der Waals surface area contributed by atoms with Crippen molar-refractivity contribution in [3.63, 3.8) is 0 Å². The van der Waals surface area contributed by atoms with Crippen molar-refractivity contribution in [2.75, 3.05) is 19.4 Å². The summed E-state index contributed by atoms with van der Waals surface area (Å²) in [6, 6.07) is 9.89. The van der Waals surface area contributed by atoms with E-state index in [4.69, 9.17) is 4.74 Å². The zero-order valence-corrected chi connectivity index (χ0v) is 11.0. The Labute approximate surface area is 103 Å². The van der Waals surface area contributed by atoms with Gasteiger partial charge in [0.2, 0.25) is 10.0 Å². The van der Waals surface area contributed by atoms with Gasteiger partial charge in [0.15, 0.2) is 0 Å². The Balaban J connectivity index is 2.18. The van der Waals surface area contributed by atoms with Gasteiger partial charge in [-0.15, -0.1) is 0 Å². The molecule has 96 valence electrons. The fourth-order valence-corrected chi connectivity index (χ4v) is 1.89. The molecule has 5 heteroatoms. The van der Waals surface area contributed by atoms with Crippen molar-refractivity contribution in [3.05, 3.63) is 35.9 Å². The maximum Gasteiger partial charge on any atom is 0.208 e. The van der Waals surface area contributed by atoms with Crippen molar-refractivity contribution >= 4 is 10.0 Å². The van der Waals surface area contributed by atoms with E-state index in [9.17, 15) is 8.42 Å². The minimum absolute atomic E-state index is 0.161. The molecule has 0 saturated carbocycles. The van der Waals surface area contributed by atoms with Crippen molar-refractivity contribution in [3.8, 4) is 0 Å². The van der Waals surface area contributed by atoms with E-state index in [1.165, 1.54) is 0 Å². The Bertz CT molecular complexity index is 417. The molecule has 1 aromatic carbocycles. The lowest BCUT2D eigenvalue weighted by Crippen LogP contribution is -2.29. The van der Waals surface area contributed by atoms with E-state index in [1.54, 1.807) is 0 Å². The van der Waals surface area contributed by atoms with Gasteiger partial charge in [-0.1, -0.05) is 37.3 Å². The largest absolute Gasteiger partial charge is 0.376 e. The molecule has 1 atom stereocenters. The van der Waals surface area contributed by atoms with Crippen molar-refractivity contribution in [1.82, 2.24) is 4.72 Å². The highest BCUT2D eigenvalue weighted by atomic mass is 32.2. The number of rotatable bonds is 7. The molecule has 0 aliphatic rings. The summed E-state index contributed by atoms with van der Waals surface area (Å²) in [6.45, 7) is 3.46. The highest BCUT2D eigenvalue weighted by molar-refractivity contribution is 7.88. The first-order valence-electron chi connectivity index (χ1n) is 5.53. The lowest BCUT2D eigenvalue weighted by molar-refractivity contribution is 0.0934. The summed E-state index contributed by atoms with van der Waals surface area (Å²) in [4.78, 5) is 0. The van der Waals surface area contributed by atoms with Gasteiger partial charge in [0.25, 0.3) is 0 Å². The van der Waals surface area contributed by atoms with Crippen LogP contribution in [0.25, 0.3) is 0 Å². The summed E-state index contributed by atoms with van der Waals surface area (Å²) >= 11 is 0. The van der Waals surface area contributed by atoms with Crippen LogP contribution in [-0.4, -0.2) is 27.8 Å². The minimum Gasteiger partial charge on any atom is -0.376 e. The summed E-state index contributed by atoms with van der Waals surface area (Å²) in [5.41, 5.74) is 1.12. The molecule has 0 radical (unpaired) electrons. The standard InChI is InChI=1S/C12H19NO3S/c1-11(8-13-17(2,14)15)9-16-10-12-6-4-3-5-7-12/h3-7,11,13H,8-10H2,1-2H3. The van der Waals surface area contributed by atoms with Crippen LogP contribution < -0.4 is 4.72 Å². The summed E-state index contributed by atoms with van der Waals surface area (Å²) in [6.07, 6.45) is 1.16. The second-order valence-electron chi connectivity index (χ2n) is 4.23. The number of hydrogen-bond acceptors (Lipinski definition) is 3. The van der Waals surface area contributed by atoms with Gasteiger partial charge in [0.05, 0.1) is 19.5 Å². The predicted octanol–water partition coefficient (Wildman–Crippen LogP) is 1.39. The Kier molecular flexibility index (Phi) is 5.61. The Morgan fingerprint density at radius 2 is 1.94 bits per heavy atom. The average molecular weight is 257 g/mol. The first kappa shape index (κ1) is 14.2. The molecule has 0 saturated heterocycles. The monoisotopic (exact) mass is 257 g/mol. The number of ether oxygens (including phenoxy) is 1. The van der Waals surface area contributed by atoms with Crippen LogP contribution in [0.1, 0.15) is 12.5 Å². The molecule has 0 aromatic heterocycles. The molecule has 17 heavy (non-hydrogen) atoms. The Morgan fingerprint density at radius 1 is 1.29 bits per heavy atom. The van der Waals surface area contributed by atoms with Crippen LogP contribution in [0.5, 0.6) is 0 Å². The average Bonchev–Trinajstić information content (AvgIpc) is 2.27. The number of benzene rings is 1. The van der Waals surface area contributed by atoms with Crippen LogP contribution in [0.15, 0.2) is 30.3 Å². The summed E-state index contributed by atoms with van der Waals surface area (Å²) < 4.78 is 29.7. The molecule has 1 rings (SSSR count). The van der Waals surface area contributed by atoms with Crippen molar-refractivity contribution in [2.45, 2.75) is 13.5 Å². The third-order valence-corrected chi connectivity index (χ3v) is 2.90. The molecule has 0 amide bonds. The van der Waals surface area contributed by atoms with Crippen LogP contribution in [0.4, 0.5) is 0 Å². The fourth-order valence-electron chi connectivity index (χ4n) is 1.30. The normalized spacial score (nSPS) is 13.5. The first-order valence-corrected chi connectivity index (χ1v) is 7.43. The van der Waals surface area contributed by atoms with Gasteiger partial charge < -0.3 is 4.74 Å². The van der Waals surface area contributed by atoms with E-state index in [-0.39, 0.29) is 5.92 Å².